The van der Waals surface area contributed by atoms with E-state index < -0.39 is 11.1 Å². The van der Waals surface area contributed by atoms with Gasteiger partial charge in [-0.05, 0) is 38.1 Å². The van der Waals surface area contributed by atoms with Crippen LogP contribution in [0.1, 0.15) is 19.3 Å². The van der Waals surface area contributed by atoms with Gasteiger partial charge in [-0.1, -0.05) is 6.42 Å². The molecule has 0 unspecified atom stereocenters. The Bertz CT molecular complexity index is 483. The van der Waals surface area contributed by atoms with E-state index in [0.717, 1.165) is 13.1 Å². The number of carbonyl (C=O) groups is 1. The lowest BCUT2D eigenvalue weighted by atomic mass is 10.1. The molecule has 0 spiro atoms. The minimum absolute atomic E-state index is 0.0548. The summed E-state index contributed by atoms with van der Waals surface area (Å²) in [5.41, 5.74) is -0.0548. The molecule has 2 rings (SSSR count). The first-order chi connectivity index (χ1) is 10.1. The van der Waals surface area contributed by atoms with Crippen molar-refractivity contribution in [1.82, 2.24) is 4.90 Å². The van der Waals surface area contributed by atoms with Crippen LogP contribution in [0.4, 0.5) is 10.5 Å². The Morgan fingerprint density at radius 3 is 2.48 bits per heavy atom. The van der Waals surface area contributed by atoms with E-state index in [4.69, 9.17) is 9.47 Å². The first-order valence-electron chi connectivity index (χ1n) is 6.96. The van der Waals surface area contributed by atoms with E-state index in [1.165, 1.54) is 43.5 Å². The van der Waals surface area contributed by atoms with Crippen molar-refractivity contribution in [3.8, 4) is 5.75 Å². The molecule has 0 aliphatic carbocycles. The van der Waals surface area contributed by atoms with Gasteiger partial charge in [0.2, 0.25) is 0 Å². The fourth-order valence-electron chi connectivity index (χ4n) is 2.20. The topological polar surface area (TPSA) is 81.9 Å². The van der Waals surface area contributed by atoms with E-state index in [0.29, 0.717) is 6.54 Å². The number of non-ortho nitro benzene ring substituents is 1. The van der Waals surface area contributed by atoms with Gasteiger partial charge in [-0.25, -0.2) is 4.79 Å². The van der Waals surface area contributed by atoms with Crippen molar-refractivity contribution in [3.63, 3.8) is 0 Å². The van der Waals surface area contributed by atoms with E-state index in [1.54, 1.807) is 0 Å². The normalized spacial score (nSPS) is 15.4. The Morgan fingerprint density at radius 1 is 1.19 bits per heavy atom. The molecule has 0 atom stereocenters. The predicted molar refractivity (Wildman–Crippen MR) is 75.4 cm³/mol. The van der Waals surface area contributed by atoms with Gasteiger partial charge >= 0.3 is 6.16 Å². The van der Waals surface area contributed by atoms with Crippen molar-refractivity contribution in [2.45, 2.75) is 19.3 Å². The maximum Gasteiger partial charge on any atom is 0.513 e. The average Bonchev–Trinajstić information content (AvgIpc) is 2.49. The molecule has 7 heteroatoms. The summed E-state index contributed by atoms with van der Waals surface area (Å²) in [6.07, 6.45) is 2.85. The summed E-state index contributed by atoms with van der Waals surface area (Å²) in [5, 5.41) is 10.5. The van der Waals surface area contributed by atoms with Crippen molar-refractivity contribution in [3.05, 3.63) is 34.4 Å². The van der Waals surface area contributed by atoms with Crippen molar-refractivity contribution in [2.75, 3.05) is 26.2 Å². The van der Waals surface area contributed by atoms with E-state index >= 15 is 0 Å². The van der Waals surface area contributed by atoms with Crippen LogP contribution in [0.15, 0.2) is 24.3 Å². The smallest absolute Gasteiger partial charge is 0.433 e. The van der Waals surface area contributed by atoms with Gasteiger partial charge in [0, 0.05) is 18.7 Å². The summed E-state index contributed by atoms with van der Waals surface area (Å²) in [4.78, 5) is 23.7. The highest BCUT2D eigenvalue weighted by Crippen LogP contribution is 2.17. The monoisotopic (exact) mass is 294 g/mol. The first kappa shape index (κ1) is 15.2. The van der Waals surface area contributed by atoms with Gasteiger partial charge in [-0.2, -0.15) is 0 Å². The Morgan fingerprint density at radius 2 is 1.86 bits per heavy atom. The molecule has 1 heterocycles. The Balaban J connectivity index is 1.70. The molecule has 1 saturated heterocycles. The Labute approximate surface area is 122 Å². The molecule has 0 N–H and O–H groups in total. The second-order valence-electron chi connectivity index (χ2n) is 4.85. The first-order valence-corrected chi connectivity index (χ1v) is 6.96. The molecule has 1 aliphatic heterocycles. The number of nitrogens with zero attached hydrogens (tertiary/aromatic N) is 2. The largest absolute Gasteiger partial charge is 0.513 e. The highest BCUT2D eigenvalue weighted by molar-refractivity contribution is 5.63. The summed E-state index contributed by atoms with van der Waals surface area (Å²) < 4.78 is 9.93. The average molecular weight is 294 g/mol. The molecule has 114 valence electrons. The van der Waals surface area contributed by atoms with Crippen molar-refractivity contribution in [2.24, 2.45) is 0 Å². The fourth-order valence-corrected chi connectivity index (χ4v) is 2.20. The zero-order valence-electron chi connectivity index (χ0n) is 11.7. The summed E-state index contributed by atoms with van der Waals surface area (Å²) in [7, 11) is 0. The molecule has 0 bridgehead atoms. The van der Waals surface area contributed by atoms with E-state index in [2.05, 4.69) is 4.90 Å². The summed E-state index contributed by atoms with van der Waals surface area (Å²) in [6.45, 7) is 3.07. The number of likely N-dealkylation sites (tertiary alicyclic amines) is 1. The molecule has 1 aliphatic rings. The highest BCUT2D eigenvalue weighted by Gasteiger charge is 2.12. The number of hydrogen-bond acceptors (Lipinski definition) is 6. The molecule has 0 radical (unpaired) electrons. The highest BCUT2D eigenvalue weighted by atomic mass is 16.7. The third kappa shape index (κ3) is 5.03. The van der Waals surface area contributed by atoms with Crippen LogP contribution in [0.5, 0.6) is 5.75 Å². The maximum atomic E-state index is 11.5. The van der Waals surface area contributed by atoms with Crippen LogP contribution < -0.4 is 4.74 Å². The predicted octanol–water partition coefficient (Wildman–Crippen LogP) is 2.60. The van der Waals surface area contributed by atoms with Crippen LogP contribution >= 0.6 is 0 Å². The van der Waals surface area contributed by atoms with E-state index in [-0.39, 0.29) is 18.0 Å². The lowest BCUT2D eigenvalue weighted by Gasteiger charge is -2.25. The van der Waals surface area contributed by atoms with Crippen molar-refractivity contribution in [1.29, 1.82) is 0 Å². The summed E-state index contributed by atoms with van der Waals surface area (Å²) >= 11 is 0. The number of rotatable bonds is 5. The van der Waals surface area contributed by atoms with Gasteiger partial charge in [0.15, 0.2) is 0 Å². The maximum absolute atomic E-state index is 11.5. The minimum atomic E-state index is -0.791. The molecule has 1 aromatic carbocycles. The molecular weight excluding hydrogens is 276 g/mol. The van der Waals surface area contributed by atoms with Crippen LogP contribution in [-0.4, -0.2) is 42.2 Å². The minimum Gasteiger partial charge on any atom is -0.433 e. The molecule has 1 aromatic rings. The van der Waals surface area contributed by atoms with Gasteiger partial charge in [-0.15, -0.1) is 0 Å². The van der Waals surface area contributed by atoms with Gasteiger partial charge in [-0.3, -0.25) is 15.0 Å². The molecular formula is C14H18N2O5. The molecule has 0 amide bonds. The number of benzene rings is 1. The Kier molecular flexibility index (Phi) is 5.51. The molecule has 7 nitrogen and oxygen atoms in total. The van der Waals surface area contributed by atoms with Gasteiger partial charge in [0.25, 0.3) is 5.69 Å². The summed E-state index contributed by atoms with van der Waals surface area (Å²) in [5.74, 6) is 0.226. The third-order valence-corrected chi connectivity index (χ3v) is 3.32. The van der Waals surface area contributed by atoms with Gasteiger partial charge in [0.05, 0.1) is 4.92 Å². The number of hydrogen-bond donors (Lipinski definition) is 0. The lowest BCUT2D eigenvalue weighted by molar-refractivity contribution is -0.384. The van der Waals surface area contributed by atoms with Crippen LogP contribution in [0, 0.1) is 10.1 Å². The second kappa shape index (κ2) is 7.58. The SMILES string of the molecule is O=C(OCCN1CCCCC1)Oc1ccc([N+](=O)[O-])cc1. The van der Waals surface area contributed by atoms with Crippen molar-refractivity contribution < 1.29 is 19.2 Å². The van der Waals surface area contributed by atoms with Gasteiger partial charge in [0.1, 0.15) is 12.4 Å². The van der Waals surface area contributed by atoms with Crippen LogP contribution in [0.3, 0.4) is 0 Å². The number of nitro groups is 1. The van der Waals surface area contributed by atoms with Crippen LogP contribution in [-0.2, 0) is 4.74 Å². The zero-order valence-corrected chi connectivity index (χ0v) is 11.7. The molecule has 0 saturated carbocycles. The summed E-state index contributed by atoms with van der Waals surface area (Å²) in [6, 6.07) is 5.28. The molecule has 1 fully saturated rings. The third-order valence-electron chi connectivity index (χ3n) is 3.32. The fraction of sp³-hybridized carbons (Fsp3) is 0.500. The van der Waals surface area contributed by atoms with Gasteiger partial charge < -0.3 is 9.47 Å². The van der Waals surface area contributed by atoms with E-state index in [1.807, 2.05) is 0 Å². The number of ether oxygens (including phenoxy) is 2. The standard InChI is InChI=1S/C14H18N2O5/c17-14(20-11-10-15-8-2-1-3-9-15)21-13-6-4-12(5-7-13)16(18)19/h4-7H,1-3,8-11H2. The van der Waals surface area contributed by atoms with Crippen LogP contribution in [0.2, 0.25) is 0 Å². The number of piperidine rings is 1. The Hall–Kier alpha value is -2.15. The van der Waals surface area contributed by atoms with Crippen LogP contribution in [0.25, 0.3) is 0 Å². The zero-order chi connectivity index (χ0) is 15.1. The number of carbonyl (C=O) groups excluding carboxylic acids is 1. The van der Waals surface area contributed by atoms with Crippen molar-refractivity contribution >= 4 is 11.8 Å². The second-order valence-corrected chi connectivity index (χ2v) is 4.85. The quantitative estimate of drug-likeness (QED) is 0.359. The van der Waals surface area contributed by atoms with E-state index in [9.17, 15) is 14.9 Å². The number of nitro benzene ring substituents is 1. The lowest BCUT2D eigenvalue weighted by Crippen LogP contribution is -2.33. The molecule has 21 heavy (non-hydrogen) atoms. The molecule has 0 aromatic heterocycles.